The highest BCUT2D eigenvalue weighted by Crippen LogP contribution is 2.33. The molecule has 0 radical (unpaired) electrons. The molecule has 0 N–H and O–H groups in total. The molecule has 0 aliphatic heterocycles. The molecule has 0 saturated heterocycles. The van der Waals surface area contributed by atoms with Gasteiger partial charge in [-0.15, -0.1) is 0 Å². The molecule has 13 heavy (non-hydrogen) atoms. The first-order valence-electron chi connectivity index (χ1n) is 5.39. The van der Waals surface area contributed by atoms with E-state index in [4.69, 9.17) is 4.74 Å². The molecule has 0 bridgehead atoms. The van der Waals surface area contributed by atoms with E-state index in [-0.39, 0.29) is 0 Å². The number of rotatable bonds is 6. The first-order valence-corrected chi connectivity index (χ1v) is 5.39. The SMILES string of the molecule is CCCC(=O)CC1CC(OCC)C1. The van der Waals surface area contributed by atoms with Crippen molar-refractivity contribution in [2.45, 2.75) is 52.1 Å². The zero-order chi connectivity index (χ0) is 9.68. The van der Waals surface area contributed by atoms with Crippen LogP contribution >= 0.6 is 0 Å². The van der Waals surface area contributed by atoms with Crippen LogP contribution in [-0.2, 0) is 9.53 Å². The summed E-state index contributed by atoms with van der Waals surface area (Å²) in [5.74, 6) is 1.05. The summed E-state index contributed by atoms with van der Waals surface area (Å²) < 4.78 is 5.44. The summed E-state index contributed by atoms with van der Waals surface area (Å²) in [4.78, 5) is 11.3. The number of ether oxygens (including phenoxy) is 1. The lowest BCUT2D eigenvalue weighted by atomic mass is 9.78. The maximum atomic E-state index is 11.3. The van der Waals surface area contributed by atoms with E-state index in [1.807, 2.05) is 6.92 Å². The summed E-state index contributed by atoms with van der Waals surface area (Å²) in [5.41, 5.74) is 0. The molecule has 2 heteroatoms. The zero-order valence-corrected chi connectivity index (χ0v) is 8.71. The Bertz CT molecular complexity index is 159. The summed E-state index contributed by atoms with van der Waals surface area (Å²) in [6.45, 7) is 4.89. The minimum atomic E-state index is 0.433. The molecule has 2 nitrogen and oxygen atoms in total. The number of hydrogen-bond donors (Lipinski definition) is 0. The number of carbonyl (C=O) groups excluding carboxylic acids is 1. The van der Waals surface area contributed by atoms with Crippen LogP contribution in [0.3, 0.4) is 0 Å². The van der Waals surface area contributed by atoms with Gasteiger partial charge in [0.1, 0.15) is 5.78 Å². The van der Waals surface area contributed by atoms with Crippen LogP contribution in [0.5, 0.6) is 0 Å². The Hall–Kier alpha value is -0.370. The third-order valence-corrected chi connectivity index (χ3v) is 2.64. The van der Waals surface area contributed by atoms with Gasteiger partial charge in [0.05, 0.1) is 6.10 Å². The number of Topliss-reactive ketones (excluding diaryl/α,β-unsaturated/α-hetero) is 1. The summed E-state index contributed by atoms with van der Waals surface area (Å²) in [5, 5.41) is 0. The molecule has 1 aliphatic rings. The van der Waals surface area contributed by atoms with Crippen molar-refractivity contribution in [3.8, 4) is 0 Å². The van der Waals surface area contributed by atoms with Gasteiger partial charge in [-0.05, 0) is 32.1 Å². The van der Waals surface area contributed by atoms with Gasteiger partial charge in [0.15, 0.2) is 0 Å². The topological polar surface area (TPSA) is 26.3 Å². The quantitative estimate of drug-likeness (QED) is 0.634. The van der Waals surface area contributed by atoms with Crippen LogP contribution in [0.1, 0.15) is 46.0 Å². The monoisotopic (exact) mass is 184 g/mol. The van der Waals surface area contributed by atoms with E-state index >= 15 is 0 Å². The van der Waals surface area contributed by atoms with Gasteiger partial charge in [0, 0.05) is 19.4 Å². The van der Waals surface area contributed by atoms with Gasteiger partial charge in [0.2, 0.25) is 0 Å². The van der Waals surface area contributed by atoms with Crippen LogP contribution in [0, 0.1) is 5.92 Å². The second-order valence-corrected chi connectivity index (χ2v) is 3.91. The number of ketones is 1. The molecule has 1 rings (SSSR count). The maximum Gasteiger partial charge on any atom is 0.133 e. The molecule has 1 fully saturated rings. The van der Waals surface area contributed by atoms with Crippen LogP contribution < -0.4 is 0 Å². The molecule has 0 aromatic carbocycles. The van der Waals surface area contributed by atoms with Crippen molar-refractivity contribution in [3.63, 3.8) is 0 Å². The second kappa shape index (κ2) is 5.38. The normalized spacial score (nSPS) is 26.9. The highest BCUT2D eigenvalue weighted by Gasteiger charge is 2.30. The first-order chi connectivity index (χ1) is 6.26. The first kappa shape index (κ1) is 10.7. The second-order valence-electron chi connectivity index (χ2n) is 3.91. The van der Waals surface area contributed by atoms with Crippen molar-refractivity contribution in [3.05, 3.63) is 0 Å². The van der Waals surface area contributed by atoms with Crippen molar-refractivity contribution in [2.24, 2.45) is 5.92 Å². The average molecular weight is 184 g/mol. The van der Waals surface area contributed by atoms with E-state index in [1.165, 1.54) is 0 Å². The third-order valence-electron chi connectivity index (χ3n) is 2.64. The van der Waals surface area contributed by atoms with E-state index in [1.54, 1.807) is 0 Å². The van der Waals surface area contributed by atoms with Crippen molar-refractivity contribution >= 4 is 5.78 Å². The standard InChI is InChI=1S/C11H20O2/c1-3-5-10(12)6-9-7-11(8-9)13-4-2/h9,11H,3-8H2,1-2H3. The lowest BCUT2D eigenvalue weighted by Crippen LogP contribution is -2.32. The fraction of sp³-hybridized carbons (Fsp3) is 0.909. The lowest BCUT2D eigenvalue weighted by Gasteiger charge is -2.34. The minimum Gasteiger partial charge on any atom is -0.378 e. The molecule has 0 aromatic heterocycles. The third kappa shape index (κ3) is 3.47. The predicted octanol–water partition coefficient (Wildman–Crippen LogP) is 2.56. The van der Waals surface area contributed by atoms with E-state index in [0.29, 0.717) is 17.8 Å². The summed E-state index contributed by atoms with van der Waals surface area (Å²) in [7, 11) is 0. The molecule has 0 unspecified atom stereocenters. The number of hydrogen-bond acceptors (Lipinski definition) is 2. The smallest absolute Gasteiger partial charge is 0.133 e. The van der Waals surface area contributed by atoms with Gasteiger partial charge < -0.3 is 4.74 Å². The highest BCUT2D eigenvalue weighted by atomic mass is 16.5. The number of carbonyl (C=O) groups is 1. The Kier molecular flexibility index (Phi) is 4.43. The van der Waals surface area contributed by atoms with Gasteiger partial charge in [0.25, 0.3) is 0 Å². The van der Waals surface area contributed by atoms with Crippen molar-refractivity contribution < 1.29 is 9.53 Å². The van der Waals surface area contributed by atoms with Crippen LogP contribution in [0.25, 0.3) is 0 Å². The molecule has 0 spiro atoms. The maximum absolute atomic E-state index is 11.3. The fourth-order valence-corrected chi connectivity index (χ4v) is 1.92. The summed E-state index contributed by atoms with van der Waals surface area (Å²) in [6, 6.07) is 0. The average Bonchev–Trinajstić information content (AvgIpc) is 2.01. The molecular weight excluding hydrogens is 164 g/mol. The van der Waals surface area contributed by atoms with E-state index in [9.17, 15) is 4.79 Å². The Morgan fingerprint density at radius 1 is 1.38 bits per heavy atom. The Morgan fingerprint density at radius 2 is 2.08 bits per heavy atom. The molecule has 76 valence electrons. The molecule has 1 saturated carbocycles. The van der Waals surface area contributed by atoms with Gasteiger partial charge in [-0.2, -0.15) is 0 Å². The predicted molar refractivity (Wildman–Crippen MR) is 52.7 cm³/mol. The van der Waals surface area contributed by atoms with Gasteiger partial charge in [-0.1, -0.05) is 6.92 Å². The molecule has 0 amide bonds. The van der Waals surface area contributed by atoms with Crippen molar-refractivity contribution in [2.75, 3.05) is 6.61 Å². The fourth-order valence-electron chi connectivity index (χ4n) is 1.92. The zero-order valence-electron chi connectivity index (χ0n) is 8.71. The Labute approximate surface area is 80.7 Å². The van der Waals surface area contributed by atoms with Crippen LogP contribution in [0.4, 0.5) is 0 Å². The Morgan fingerprint density at radius 3 is 2.62 bits per heavy atom. The van der Waals surface area contributed by atoms with E-state index < -0.39 is 0 Å². The van der Waals surface area contributed by atoms with Gasteiger partial charge in [-0.3, -0.25) is 4.79 Å². The molecule has 0 atom stereocenters. The van der Waals surface area contributed by atoms with Gasteiger partial charge >= 0.3 is 0 Å². The van der Waals surface area contributed by atoms with Gasteiger partial charge in [-0.25, -0.2) is 0 Å². The van der Waals surface area contributed by atoms with Crippen LogP contribution in [-0.4, -0.2) is 18.5 Å². The largest absolute Gasteiger partial charge is 0.378 e. The summed E-state index contributed by atoms with van der Waals surface area (Å²) >= 11 is 0. The highest BCUT2D eigenvalue weighted by molar-refractivity contribution is 5.78. The van der Waals surface area contributed by atoms with Crippen LogP contribution in [0.15, 0.2) is 0 Å². The van der Waals surface area contributed by atoms with Crippen LogP contribution in [0.2, 0.25) is 0 Å². The van der Waals surface area contributed by atoms with Crippen molar-refractivity contribution in [1.29, 1.82) is 0 Å². The molecule has 0 heterocycles. The van der Waals surface area contributed by atoms with E-state index in [0.717, 1.165) is 38.7 Å². The Balaban J connectivity index is 2.04. The van der Waals surface area contributed by atoms with E-state index in [2.05, 4.69) is 6.92 Å². The molecule has 0 aromatic rings. The molecule has 1 aliphatic carbocycles. The lowest BCUT2D eigenvalue weighted by molar-refractivity contribution is -0.122. The molecular formula is C11H20O2. The minimum absolute atomic E-state index is 0.433. The van der Waals surface area contributed by atoms with Crippen molar-refractivity contribution in [1.82, 2.24) is 0 Å². The summed E-state index contributed by atoms with van der Waals surface area (Å²) in [6.07, 6.45) is 5.18.